The molecule has 3 nitrogen and oxygen atoms in total. The molecule has 1 aromatic rings. The zero-order chi connectivity index (χ0) is 10.6. The Hall–Kier alpha value is -1.40. The van der Waals surface area contributed by atoms with Crippen molar-refractivity contribution in [1.29, 1.82) is 0 Å². The molecule has 0 aliphatic carbocycles. The molecule has 0 bridgehead atoms. The zero-order valence-electron chi connectivity index (χ0n) is 8.00. The highest BCUT2D eigenvalue weighted by molar-refractivity contribution is 6.33. The van der Waals surface area contributed by atoms with Gasteiger partial charge in [0.05, 0.1) is 29.1 Å². The summed E-state index contributed by atoms with van der Waals surface area (Å²) in [5.74, 6) is 2.56. The van der Waals surface area contributed by atoms with Gasteiger partial charge in [-0.15, -0.1) is 6.42 Å². The average molecular weight is 210 g/mol. The first-order valence-electron chi connectivity index (χ1n) is 4.28. The first-order chi connectivity index (χ1) is 6.70. The molecule has 14 heavy (non-hydrogen) atoms. The fourth-order valence-electron chi connectivity index (χ4n) is 1.24. The monoisotopic (exact) mass is 209 g/mol. The molecule has 0 aliphatic heterocycles. The molecular formula is C10H12ClN3. The molecule has 0 saturated heterocycles. The van der Waals surface area contributed by atoms with Gasteiger partial charge >= 0.3 is 0 Å². The molecular weight excluding hydrogens is 198 g/mol. The standard InChI is InChI=1S/C10H12ClN3/c1-3-5-14(4-2)10-8(11)6-13-7-9(10)12/h1,6-7H,4-5,12H2,2H3. The van der Waals surface area contributed by atoms with Crippen molar-refractivity contribution in [2.24, 2.45) is 0 Å². The van der Waals surface area contributed by atoms with E-state index >= 15 is 0 Å². The molecule has 0 spiro atoms. The molecule has 74 valence electrons. The van der Waals surface area contributed by atoms with E-state index in [9.17, 15) is 0 Å². The van der Waals surface area contributed by atoms with Crippen LogP contribution < -0.4 is 10.6 Å². The molecule has 0 amide bonds. The fourth-order valence-corrected chi connectivity index (χ4v) is 1.52. The third kappa shape index (κ3) is 2.09. The van der Waals surface area contributed by atoms with Crippen molar-refractivity contribution >= 4 is 23.0 Å². The van der Waals surface area contributed by atoms with Crippen molar-refractivity contribution in [2.75, 3.05) is 23.7 Å². The molecule has 1 rings (SSSR count). The van der Waals surface area contributed by atoms with Crippen LogP contribution in [-0.4, -0.2) is 18.1 Å². The predicted molar refractivity (Wildman–Crippen MR) is 60.4 cm³/mol. The van der Waals surface area contributed by atoms with Crippen LogP contribution in [0.25, 0.3) is 0 Å². The maximum Gasteiger partial charge on any atom is 0.0844 e. The van der Waals surface area contributed by atoms with E-state index in [1.807, 2.05) is 11.8 Å². The third-order valence-corrected chi connectivity index (χ3v) is 2.16. The molecule has 0 radical (unpaired) electrons. The van der Waals surface area contributed by atoms with Crippen LogP contribution in [0.4, 0.5) is 11.4 Å². The minimum Gasteiger partial charge on any atom is -0.396 e. The van der Waals surface area contributed by atoms with Crippen LogP contribution in [0.5, 0.6) is 0 Å². The Morgan fingerprint density at radius 2 is 2.36 bits per heavy atom. The van der Waals surface area contributed by atoms with Crippen molar-refractivity contribution in [1.82, 2.24) is 4.98 Å². The minimum atomic E-state index is 0.491. The van der Waals surface area contributed by atoms with Crippen LogP contribution in [0.2, 0.25) is 5.02 Å². The van der Waals surface area contributed by atoms with Gasteiger partial charge in [-0.2, -0.15) is 0 Å². The SMILES string of the molecule is C#CCN(CC)c1c(N)cncc1Cl. The summed E-state index contributed by atoms with van der Waals surface area (Å²) in [5.41, 5.74) is 7.09. The Bertz CT molecular complexity index is 337. The van der Waals surface area contributed by atoms with Gasteiger partial charge in [0.2, 0.25) is 0 Å². The summed E-state index contributed by atoms with van der Waals surface area (Å²) in [7, 11) is 0. The lowest BCUT2D eigenvalue weighted by atomic mass is 10.3. The second-order valence-electron chi connectivity index (χ2n) is 2.78. The van der Waals surface area contributed by atoms with Gasteiger partial charge in [0.25, 0.3) is 0 Å². The topological polar surface area (TPSA) is 42.1 Å². The summed E-state index contributed by atoms with van der Waals surface area (Å²) in [6.07, 6.45) is 8.38. The Kier molecular flexibility index (Phi) is 3.61. The normalized spacial score (nSPS) is 9.50. The summed E-state index contributed by atoms with van der Waals surface area (Å²) in [6.45, 7) is 3.25. The highest BCUT2D eigenvalue weighted by Gasteiger charge is 2.11. The molecule has 0 saturated carbocycles. The number of aromatic nitrogens is 1. The van der Waals surface area contributed by atoms with E-state index in [1.54, 1.807) is 12.4 Å². The van der Waals surface area contributed by atoms with Crippen LogP contribution >= 0.6 is 11.6 Å². The lowest BCUT2D eigenvalue weighted by Crippen LogP contribution is -2.24. The van der Waals surface area contributed by atoms with E-state index < -0.39 is 0 Å². The summed E-state index contributed by atoms with van der Waals surface area (Å²) in [4.78, 5) is 5.82. The van der Waals surface area contributed by atoms with Crippen molar-refractivity contribution in [2.45, 2.75) is 6.92 Å². The molecule has 0 unspecified atom stereocenters. The summed E-state index contributed by atoms with van der Waals surface area (Å²) in [6, 6.07) is 0. The van der Waals surface area contributed by atoms with E-state index in [0.717, 1.165) is 12.2 Å². The van der Waals surface area contributed by atoms with Crippen LogP contribution in [-0.2, 0) is 0 Å². The summed E-state index contributed by atoms with van der Waals surface area (Å²) >= 11 is 5.99. The number of hydrogen-bond acceptors (Lipinski definition) is 3. The highest BCUT2D eigenvalue weighted by atomic mass is 35.5. The van der Waals surface area contributed by atoms with E-state index in [2.05, 4.69) is 10.9 Å². The van der Waals surface area contributed by atoms with Crippen molar-refractivity contribution in [3.8, 4) is 12.3 Å². The Labute approximate surface area is 88.9 Å². The maximum atomic E-state index is 5.99. The zero-order valence-corrected chi connectivity index (χ0v) is 8.75. The first kappa shape index (κ1) is 10.7. The van der Waals surface area contributed by atoms with Gasteiger partial charge in [-0.3, -0.25) is 4.98 Å². The van der Waals surface area contributed by atoms with Crippen LogP contribution in [0.1, 0.15) is 6.92 Å². The quantitative estimate of drug-likeness (QED) is 0.772. The fraction of sp³-hybridized carbons (Fsp3) is 0.300. The number of hydrogen-bond donors (Lipinski definition) is 1. The number of halogens is 1. The molecule has 0 aliphatic rings. The first-order valence-corrected chi connectivity index (χ1v) is 4.65. The molecule has 0 atom stereocenters. The van der Waals surface area contributed by atoms with E-state index in [-0.39, 0.29) is 0 Å². The number of nitrogen functional groups attached to an aromatic ring is 1. The predicted octanol–water partition coefficient (Wildman–Crippen LogP) is 1.78. The number of nitrogens with zero attached hydrogens (tertiary/aromatic N) is 2. The molecule has 0 aromatic carbocycles. The minimum absolute atomic E-state index is 0.491. The van der Waals surface area contributed by atoms with E-state index in [0.29, 0.717) is 17.3 Å². The Morgan fingerprint density at radius 1 is 1.64 bits per heavy atom. The van der Waals surface area contributed by atoms with Gasteiger partial charge in [0.15, 0.2) is 0 Å². The Balaban J connectivity index is 3.09. The average Bonchev–Trinajstić information content (AvgIpc) is 2.16. The Morgan fingerprint density at radius 3 is 2.86 bits per heavy atom. The smallest absolute Gasteiger partial charge is 0.0844 e. The van der Waals surface area contributed by atoms with Gasteiger partial charge in [-0.05, 0) is 6.92 Å². The largest absolute Gasteiger partial charge is 0.396 e. The van der Waals surface area contributed by atoms with Crippen LogP contribution in [0, 0.1) is 12.3 Å². The number of rotatable bonds is 3. The van der Waals surface area contributed by atoms with Gasteiger partial charge < -0.3 is 10.6 Å². The van der Waals surface area contributed by atoms with Gasteiger partial charge in [-0.25, -0.2) is 0 Å². The van der Waals surface area contributed by atoms with Crippen molar-refractivity contribution in [3.05, 3.63) is 17.4 Å². The molecule has 4 heteroatoms. The van der Waals surface area contributed by atoms with Gasteiger partial charge in [0.1, 0.15) is 0 Å². The van der Waals surface area contributed by atoms with Crippen molar-refractivity contribution in [3.63, 3.8) is 0 Å². The number of terminal acetylenes is 1. The third-order valence-electron chi connectivity index (χ3n) is 1.88. The maximum absolute atomic E-state index is 5.99. The van der Waals surface area contributed by atoms with E-state index in [1.165, 1.54) is 0 Å². The lowest BCUT2D eigenvalue weighted by molar-refractivity contribution is 0.918. The summed E-state index contributed by atoms with van der Waals surface area (Å²) in [5, 5.41) is 0.530. The van der Waals surface area contributed by atoms with Crippen LogP contribution in [0.3, 0.4) is 0 Å². The molecule has 1 heterocycles. The molecule has 1 aromatic heterocycles. The second kappa shape index (κ2) is 4.73. The second-order valence-corrected chi connectivity index (χ2v) is 3.18. The number of pyridine rings is 1. The molecule has 2 N–H and O–H groups in total. The van der Waals surface area contributed by atoms with E-state index in [4.69, 9.17) is 23.8 Å². The lowest BCUT2D eigenvalue weighted by Gasteiger charge is -2.22. The number of nitrogens with two attached hydrogens (primary N) is 1. The van der Waals surface area contributed by atoms with Crippen LogP contribution in [0.15, 0.2) is 12.4 Å². The van der Waals surface area contributed by atoms with Gasteiger partial charge in [0, 0.05) is 12.7 Å². The van der Waals surface area contributed by atoms with Gasteiger partial charge in [-0.1, -0.05) is 17.5 Å². The number of anilines is 2. The highest BCUT2D eigenvalue weighted by Crippen LogP contribution is 2.30. The molecule has 0 fully saturated rings. The summed E-state index contributed by atoms with van der Waals surface area (Å²) < 4.78 is 0. The van der Waals surface area contributed by atoms with Crippen molar-refractivity contribution < 1.29 is 0 Å².